The zero-order valence-corrected chi connectivity index (χ0v) is 9.39. The van der Waals surface area contributed by atoms with Gasteiger partial charge in [0.25, 0.3) is 0 Å². The summed E-state index contributed by atoms with van der Waals surface area (Å²) in [5, 5.41) is 0. The van der Waals surface area contributed by atoms with Crippen molar-refractivity contribution in [1.29, 1.82) is 0 Å². The molecule has 0 unspecified atom stereocenters. The van der Waals surface area contributed by atoms with Crippen LogP contribution >= 0.6 is 11.6 Å². The van der Waals surface area contributed by atoms with Gasteiger partial charge in [0.15, 0.2) is 0 Å². The molecule has 0 amide bonds. The topological polar surface area (TPSA) is 12.5 Å². The van der Waals surface area contributed by atoms with Gasteiger partial charge in [-0.2, -0.15) is 0 Å². The number of likely N-dealkylation sites (N-methyl/N-ethyl adjacent to an activating group) is 1. The molecule has 2 nitrogen and oxygen atoms in total. The van der Waals surface area contributed by atoms with Crippen LogP contribution in [0.1, 0.15) is 13.8 Å². The fourth-order valence-electron chi connectivity index (χ4n) is 1.00. The largest absolute Gasteiger partial charge is 0.380 e. The van der Waals surface area contributed by atoms with Crippen molar-refractivity contribution in [2.75, 3.05) is 38.7 Å². The van der Waals surface area contributed by atoms with Crippen molar-refractivity contribution in [2.24, 2.45) is 0 Å². The fourth-order valence-corrected chi connectivity index (χ4v) is 1.13. The first-order chi connectivity index (χ1) is 6.35. The van der Waals surface area contributed by atoms with Crippen LogP contribution in [0.4, 0.5) is 0 Å². The van der Waals surface area contributed by atoms with Gasteiger partial charge in [0.2, 0.25) is 0 Å². The van der Waals surface area contributed by atoms with Gasteiger partial charge in [-0.1, -0.05) is 19.1 Å². The maximum absolute atomic E-state index is 5.52. The summed E-state index contributed by atoms with van der Waals surface area (Å²) in [4.78, 5) is 2.32. The normalized spacial score (nSPS) is 11.7. The molecule has 13 heavy (non-hydrogen) atoms. The summed E-state index contributed by atoms with van der Waals surface area (Å²) in [6.45, 7) is 8.81. The third kappa shape index (κ3) is 8.28. The van der Waals surface area contributed by atoms with Crippen molar-refractivity contribution in [2.45, 2.75) is 13.8 Å². The number of rotatable bonds is 8. The lowest BCUT2D eigenvalue weighted by molar-refractivity contribution is 0.119. The Balaban J connectivity index is 3.45. The number of ether oxygens (including phenoxy) is 1. The van der Waals surface area contributed by atoms with E-state index in [0.29, 0.717) is 5.88 Å². The van der Waals surface area contributed by atoms with Crippen LogP contribution in [-0.4, -0.2) is 43.6 Å². The number of hydrogen-bond donors (Lipinski definition) is 0. The summed E-state index contributed by atoms with van der Waals surface area (Å²) >= 11 is 5.52. The molecule has 0 aromatic carbocycles. The molecule has 0 bridgehead atoms. The Labute approximate surface area is 86.5 Å². The van der Waals surface area contributed by atoms with Gasteiger partial charge < -0.3 is 4.74 Å². The van der Waals surface area contributed by atoms with Crippen LogP contribution in [-0.2, 0) is 4.74 Å². The van der Waals surface area contributed by atoms with E-state index in [1.807, 2.05) is 13.0 Å². The summed E-state index contributed by atoms with van der Waals surface area (Å²) in [5.74, 6) is 0.600. The Morgan fingerprint density at radius 3 is 2.62 bits per heavy atom. The van der Waals surface area contributed by atoms with Crippen molar-refractivity contribution in [3.05, 3.63) is 12.2 Å². The molecular weight excluding hydrogens is 186 g/mol. The molecule has 0 aliphatic heterocycles. The number of halogens is 1. The third-order valence-corrected chi connectivity index (χ3v) is 2.00. The molecule has 0 atom stereocenters. The van der Waals surface area contributed by atoms with Crippen molar-refractivity contribution in [3.63, 3.8) is 0 Å². The van der Waals surface area contributed by atoms with E-state index < -0.39 is 0 Å². The quantitative estimate of drug-likeness (QED) is 0.342. The van der Waals surface area contributed by atoms with Gasteiger partial charge in [0.1, 0.15) is 0 Å². The predicted molar refractivity (Wildman–Crippen MR) is 58.5 cm³/mol. The van der Waals surface area contributed by atoms with E-state index in [1.54, 1.807) is 0 Å². The molecule has 0 radical (unpaired) electrons. The minimum absolute atomic E-state index is 0.600. The molecule has 0 rings (SSSR count). The van der Waals surface area contributed by atoms with E-state index in [0.717, 1.165) is 32.8 Å². The fraction of sp³-hybridized carbons (Fsp3) is 0.800. The Hall–Kier alpha value is -0.0500. The minimum Gasteiger partial charge on any atom is -0.380 e. The lowest BCUT2D eigenvalue weighted by Crippen LogP contribution is -2.27. The highest BCUT2D eigenvalue weighted by Gasteiger charge is 1.97. The average Bonchev–Trinajstić information content (AvgIpc) is 2.16. The number of alkyl halides is 1. The second kappa shape index (κ2) is 10.0. The minimum atomic E-state index is 0.600. The van der Waals surface area contributed by atoms with Crippen LogP contribution in [0.25, 0.3) is 0 Å². The van der Waals surface area contributed by atoms with Gasteiger partial charge in [-0.3, -0.25) is 4.90 Å². The van der Waals surface area contributed by atoms with Crippen molar-refractivity contribution in [1.82, 2.24) is 4.90 Å². The Bertz CT molecular complexity index is 128. The molecule has 0 aliphatic rings. The molecule has 0 fully saturated rings. The van der Waals surface area contributed by atoms with Crippen LogP contribution < -0.4 is 0 Å². The van der Waals surface area contributed by atoms with E-state index in [2.05, 4.69) is 17.9 Å². The molecule has 0 aromatic heterocycles. The number of hydrogen-bond acceptors (Lipinski definition) is 2. The highest BCUT2D eigenvalue weighted by Crippen LogP contribution is 1.90. The van der Waals surface area contributed by atoms with Gasteiger partial charge in [-0.25, -0.2) is 0 Å². The molecule has 78 valence electrons. The first kappa shape index (κ1) is 12.9. The molecule has 0 saturated carbocycles. The lowest BCUT2D eigenvalue weighted by atomic mass is 10.4. The number of nitrogens with zero attached hydrogens (tertiary/aromatic N) is 1. The summed E-state index contributed by atoms with van der Waals surface area (Å²) in [6.07, 6.45) is 4.08. The maximum atomic E-state index is 5.52. The van der Waals surface area contributed by atoms with E-state index in [-0.39, 0.29) is 0 Å². The van der Waals surface area contributed by atoms with Crippen molar-refractivity contribution >= 4 is 11.6 Å². The van der Waals surface area contributed by atoms with Crippen LogP contribution in [0.5, 0.6) is 0 Å². The second-order valence-electron chi connectivity index (χ2n) is 2.72. The monoisotopic (exact) mass is 205 g/mol. The SMILES string of the molecule is CCOCCN(CC)CC=CCCl. The zero-order valence-electron chi connectivity index (χ0n) is 8.63. The third-order valence-electron chi connectivity index (χ3n) is 1.82. The Morgan fingerprint density at radius 1 is 1.31 bits per heavy atom. The molecule has 0 spiro atoms. The van der Waals surface area contributed by atoms with Crippen LogP contribution in [0.3, 0.4) is 0 Å². The maximum Gasteiger partial charge on any atom is 0.0593 e. The molecule has 3 heteroatoms. The van der Waals surface area contributed by atoms with Gasteiger partial charge in [0, 0.05) is 25.6 Å². The molecular formula is C10H20ClNO. The second-order valence-corrected chi connectivity index (χ2v) is 3.02. The van der Waals surface area contributed by atoms with Crippen LogP contribution in [0.2, 0.25) is 0 Å². The highest BCUT2D eigenvalue weighted by atomic mass is 35.5. The van der Waals surface area contributed by atoms with E-state index >= 15 is 0 Å². The smallest absolute Gasteiger partial charge is 0.0593 e. The lowest BCUT2D eigenvalue weighted by Gasteiger charge is -2.17. The predicted octanol–water partition coefficient (Wildman–Crippen LogP) is 2.14. The first-order valence-corrected chi connectivity index (χ1v) is 5.39. The van der Waals surface area contributed by atoms with Crippen molar-refractivity contribution < 1.29 is 4.74 Å². The highest BCUT2D eigenvalue weighted by molar-refractivity contribution is 6.18. The summed E-state index contributed by atoms with van der Waals surface area (Å²) in [6, 6.07) is 0. The molecule has 0 N–H and O–H groups in total. The standard InChI is InChI=1S/C10H20ClNO/c1-3-12(8-6-5-7-11)9-10-13-4-2/h5-6H,3-4,7-10H2,1-2H3. The van der Waals surface area contributed by atoms with Gasteiger partial charge in [-0.05, 0) is 13.5 Å². The van der Waals surface area contributed by atoms with Gasteiger partial charge in [-0.15, -0.1) is 11.6 Å². The van der Waals surface area contributed by atoms with E-state index in [1.165, 1.54) is 0 Å². The molecule has 0 aliphatic carbocycles. The first-order valence-electron chi connectivity index (χ1n) is 4.86. The summed E-state index contributed by atoms with van der Waals surface area (Å²) in [5.41, 5.74) is 0. The summed E-state index contributed by atoms with van der Waals surface area (Å²) in [7, 11) is 0. The number of allylic oxidation sites excluding steroid dienone is 1. The van der Waals surface area contributed by atoms with Crippen molar-refractivity contribution in [3.8, 4) is 0 Å². The Kier molecular flexibility index (Phi) is 10.00. The average molecular weight is 206 g/mol. The van der Waals surface area contributed by atoms with Gasteiger partial charge in [0.05, 0.1) is 6.61 Å². The molecule has 0 saturated heterocycles. The summed E-state index contributed by atoms with van der Waals surface area (Å²) < 4.78 is 5.28. The zero-order chi connectivity index (χ0) is 9.94. The molecule has 0 heterocycles. The van der Waals surface area contributed by atoms with E-state index in [4.69, 9.17) is 16.3 Å². The Morgan fingerprint density at radius 2 is 2.08 bits per heavy atom. The van der Waals surface area contributed by atoms with Crippen LogP contribution in [0.15, 0.2) is 12.2 Å². The van der Waals surface area contributed by atoms with E-state index in [9.17, 15) is 0 Å². The molecule has 0 aromatic rings. The van der Waals surface area contributed by atoms with Gasteiger partial charge >= 0.3 is 0 Å². The van der Waals surface area contributed by atoms with Crippen LogP contribution in [0, 0.1) is 0 Å².